The van der Waals surface area contributed by atoms with Crippen molar-refractivity contribution in [1.82, 2.24) is 15.2 Å². The topological polar surface area (TPSA) is 72.8 Å². The average molecular weight is 230 g/mol. The number of hydrogen-bond acceptors (Lipinski definition) is 5. The van der Waals surface area contributed by atoms with Crippen LogP contribution < -0.4 is 0 Å². The SMILES string of the molecule is O=S(=O)(Cl)c1nnc2ccccc2n1. The summed E-state index contributed by atoms with van der Waals surface area (Å²) in [5.74, 6) is 0. The van der Waals surface area contributed by atoms with E-state index in [0.29, 0.717) is 11.0 Å². The third-order valence-corrected chi connectivity index (χ3v) is 2.58. The predicted octanol–water partition coefficient (Wildman–Crippen LogP) is 0.952. The number of fused-ring (bicyclic) bond motifs is 1. The van der Waals surface area contributed by atoms with Crippen molar-refractivity contribution in [2.75, 3.05) is 0 Å². The number of hydrogen-bond donors (Lipinski definition) is 0. The summed E-state index contributed by atoms with van der Waals surface area (Å²) in [6.45, 7) is 0. The van der Waals surface area contributed by atoms with Crippen LogP contribution in [0.5, 0.6) is 0 Å². The van der Waals surface area contributed by atoms with Crippen LogP contribution in [-0.4, -0.2) is 23.6 Å². The van der Waals surface area contributed by atoms with Crippen molar-refractivity contribution < 1.29 is 8.42 Å². The van der Waals surface area contributed by atoms with E-state index in [1.165, 1.54) is 0 Å². The Morgan fingerprint density at radius 2 is 1.71 bits per heavy atom. The fraction of sp³-hybridized carbons (Fsp3) is 0. The lowest BCUT2D eigenvalue weighted by molar-refractivity contribution is 0.599. The van der Waals surface area contributed by atoms with Gasteiger partial charge in [0.2, 0.25) is 0 Å². The van der Waals surface area contributed by atoms with Crippen molar-refractivity contribution in [1.29, 1.82) is 0 Å². The number of halogens is 1. The summed E-state index contributed by atoms with van der Waals surface area (Å²) in [4.78, 5) is 3.75. The van der Waals surface area contributed by atoms with Gasteiger partial charge >= 0.3 is 0 Å². The number of benzene rings is 1. The first-order chi connectivity index (χ1) is 6.57. The smallest absolute Gasteiger partial charge is 0.214 e. The zero-order valence-corrected chi connectivity index (χ0v) is 8.33. The number of rotatable bonds is 1. The molecule has 0 aliphatic carbocycles. The van der Waals surface area contributed by atoms with Crippen molar-refractivity contribution >= 4 is 30.8 Å². The van der Waals surface area contributed by atoms with Crippen LogP contribution in [0.15, 0.2) is 29.4 Å². The van der Waals surface area contributed by atoms with E-state index < -0.39 is 14.2 Å². The highest BCUT2D eigenvalue weighted by Gasteiger charge is 2.14. The van der Waals surface area contributed by atoms with E-state index in [1.54, 1.807) is 24.3 Å². The molecule has 0 radical (unpaired) electrons. The van der Waals surface area contributed by atoms with Crippen molar-refractivity contribution in [3.63, 3.8) is 0 Å². The first-order valence-corrected chi connectivity index (χ1v) is 5.92. The molecule has 0 N–H and O–H groups in total. The maximum Gasteiger partial charge on any atom is 0.298 e. The van der Waals surface area contributed by atoms with Crippen molar-refractivity contribution in [2.45, 2.75) is 5.16 Å². The third kappa shape index (κ3) is 1.66. The second-order valence-corrected chi connectivity index (χ2v) is 4.98. The fourth-order valence-corrected chi connectivity index (χ4v) is 1.51. The summed E-state index contributed by atoms with van der Waals surface area (Å²) in [5.41, 5.74) is 0.971. The highest BCUT2D eigenvalue weighted by Crippen LogP contribution is 2.12. The average Bonchev–Trinajstić information content (AvgIpc) is 2.16. The second-order valence-electron chi connectivity index (χ2n) is 2.52. The summed E-state index contributed by atoms with van der Waals surface area (Å²) in [5, 5.41) is 6.59. The minimum Gasteiger partial charge on any atom is -0.214 e. The van der Waals surface area contributed by atoms with Crippen LogP contribution >= 0.6 is 10.7 Å². The van der Waals surface area contributed by atoms with E-state index in [-0.39, 0.29) is 0 Å². The third-order valence-electron chi connectivity index (χ3n) is 1.56. The van der Waals surface area contributed by atoms with Crippen molar-refractivity contribution in [3.8, 4) is 0 Å². The predicted molar refractivity (Wildman–Crippen MR) is 50.4 cm³/mol. The molecule has 0 saturated carbocycles. The molecule has 0 atom stereocenters. The summed E-state index contributed by atoms with van der Waals surface area (Å²) in [6, 6.07) is 6.80. The van der Waals surface area contributed by atoms with Gasteiger partial charge < -0.3 is 0 Å². The maximum absolute atomic E-state index is 10.9. The molecule has 0 unspecified atom stereocenters. The van der Waals surface area contributed by atoms with E-state index in [9.17, 15) is 8.42 Å². The minimum absolute atomic E-state index is 0.446. The molecule has 7 heteroatoms. The van der Waals surface area contributed by atoms with Gasteiger partial charge in [-0.25, -0.2) is 13.4 Å². The fourth-order valence-electron chi connectivity index (χ4n) is 0.969. The molecule has 0 bridgehead atoms. The molecule has 2 rings (SSSR count). The lowest BCUT2D eigenvalue weighted by Gasteiger charge is -1.96. The Bertz CT molecular complexity index is 584. The molecule has 0 spiro atoms. The standard InChI is InChI=1S/C7H4ClN3O2S/c8-14(12,13)7-9-5-3-1-2-4-6(5)10-11-7/h1-4H. The van der Waals surface area contributed by atoms with Gasteiger partial charge in [0.05, 0.1) is 5.52 Å². The van der Waals surface area contributed by atoms with Crippen molar-refractivity contribution in [3.05, 3.63) is 24.3 Å². The number of aromatic nitrogens is 3. The summed E-state index contributed by atoms with van der Waals surface area (Å²) >= 11 is 0. The maximum atomic E-state index is 10.9. The van der Waals surface area contributed by atoms with Gasteiger partial charge in [-0.15, -0.1) is 10.2 Å². The molecule has 0 saturated heterocycles. The van der Waals surface area contributed by atoms with E-state index in [0.717, 1.165) is 0 Å². The number of para-hydroxylation sites is 1. The van der Waals surface area contributed by atoms with Crippen LogP contribution in [0.3, 0.4) is 0 Å². The summed E-state index contributed by atoms with van der Waals surface area (Å²) in [7, 11) is 1.16. The van der Waals surface area contributed by atoms with Gasteiger partial charge in [-0.3, -0.25) is 0 Å². The first-order valence-electron chi connectivity index (χ1n) is 3.61. The van der Waals surface area contributed by atoms with Crippen LogP contribution in [0.4, 0.5) is 0 Å². The zero-order chi connectivity index (χ0) is 10.2. The molecule has 0 aliphatic rings. The molecule has 2 aromatic rings. The molecule has 0 amide bonds. The van der Waals surface area contributed by atoms with Gasteiger partial charge in [0.25, 0.3) is 14.2 Å². The highest BCUT2D eigenvalue weighted by molar-refractivity contribution is 8.13. The summed E-state index contributed by atoms with van der Waals surface area (Å²) < 4.78 is 21.8. The summed E-state index contributed by atoms with van der Waals surface area (Å²) in [6.07, 6.45) is 0. The van der Waals surface area contributed by atoms with E-state index in [1.807, 2.05) is 0 Å². The van der Waals surface area contributed by atoms with Crippen LogP contribution in [0.2, 0.25) is 0 Å². The molecule has 1 heterocycles. The van der Waals surface area contributed by atoms with Crippen LogP contribution in [0.1, 0.15) is 0 Å². The normalized spacial score (nSPS) is 11.8. The largest absolute Gasteiger partial charge is 0.298 e. The Kier molecular flexibility index (Phi) is 2.09. The van der Waals surface area contributed by atoms with E-state index in [4.69, 9.17) is 10.7 Å². The van der Waals surface area contributed by atoms with Crippen molar-refractivity contribution in [2.24, 2.45) is 0 Å². The molecule has 0 aliphatic heterocycles. The molecule has 72 valence electrons. The van der Waals surface area contributed by atoms with E-state index >= 15 is 0 Å². The molecular weight excluding hydrogens is 226 g/mol. The van der Waals surface area contributed by atoms with Gasteiger partial charge in [0.15, 0.2) is 0 Å². The Morgan fingerprint density at radius 1 is 1.07 bits per heavy atom. The molecule has 14 heavy (non-hydrogen) atoms. The van der Waals surface area contributed by atoms with Crippen LogP contribution in [0.25, 0.3) is 11.0 Å². The number of nitrogens with zero attached hydrogens (tertiary/aromatic N) is 3. The lowest BCUT2D eigenvalue weighted by atomic mass is 10.3. The molecule has 1 aromatic carbocycles. The lowest BCUT2D eigenvalue weighted by Crippen LogP contribution is -2.01. The monoisotopic (exact) mass is 229 g/mol. The Balaban J connectivity index is 2.75. The Hall–Kier alpha value is -1.27. The minimum atomic E-state index is -3.91. The quantitative estimate of drug-likeness (QED) is 0.681. The molecule has 5 nitrogen and oxygen atoms in total. The van der Waals surface area contributed by atoms with Crippen LogP contribution in [0, 0.1) is 0 Å². The Labute approximate surface area is 84.2 Å². The highest BCUT2D eigenvalue weighted by atomic mass is 35.7. The van der Waals surface area contributed by atoms with Gasteiger partial charge in [0, 0.05) is 10.7 Å². The van der Waals surface area contributed by atoms with Gasteiger partial charge in [-0.05, 0) is 12.1 Å². The molecular formula is C7H4ClN3O2S. The molecule has 0 fully saturated rings. The Morgan fingerprint density at radius 3 is 2.36 bits per heavy atom. The second kappa shape index (κ2) is 3.14. The molecule has 1 aromatic heterocycles. The first kappa shape index (κ1) is 9.29. The van der Waals surface area contributed by atoms with Gasteiger partial charge in [0.1, 0.15) is 5.52 Å². The van der Waals surface area contributed by atoms with Crippen LogP contribution in [-0.2, 0) is 9.05 Å². The van der Waals surface area contributed by atoms with E-state index in [2.05, 4.69) is 15.2 Å². The van der Waals surface area contributed by atoms with Gasteiger partial charge in [-0.1, -0.05) is 12.1 Å². The van der Waals surface area contributed by atoms with Gasteiger partial charge in [-0.2, -0.15) is 0 Å². The zero-order valence-electron chi connectivity index (χ0n) is 6.75.